The molecule has 0 fully saturated rings. The first-order valence-electron chi connectivity index (χ1n) is 5.54. The molecule has 0 saturated heterocycles. The molecule has 1 rings (SSSR count). The maximum Gasteiger partial charge on any atom is 0.0630 e. The first-order valence-corrected chi connectivity index (χ1v) is 6.53. The van der Waals surface area contributed by atoms with Gasteiger partial charge in [-0.15, -0.1) is 11.8 Å². The number of thioether (sulfide) groups is 1. The molecule has 0 aliphatic rings. The Bertz CT molecular complexity index is 308. The van der Waals surface area contributed by atoms with Crippen molar-refractivity contribution in [1.82, 2.24) is 0 Å². The molecule has 0 unspecified atom stereocenters. The lowest BCUT2D eigenvalue weighted by atomic mass is 10.1. The summed E-state index contributed by atoms with van der Waals surface area (Å²) in [5, 5.41) is 0. The van der Waals surface area contributed by atoms with Crippen molar-refractivity contribution < 1.29 is 4.74 Å². The van der Waals surface area contributed by atoms with E-state index in [1.165, 1.54) is 10.5 Å². The van der Waals surface area contributed by atoms with Crippen molar-refractivity contribution in [3.05, 3.63) is 29.8 Å². The Morgan fingerprint density at radius 1 is 1.25 bits per heavy atom. The summed E-state index contributed by atoms with van der Waals surface area (Å²) < 4.78 is 5.38. The van der Waals surface area contributed by atoms with E-state index < -0.39 is 0 Å². The van der Waals surface area contributed by atoms with Crippen LogP contribution in [0, 0.1) is 0 Å². The maximum atomic E-state index is 5.55. The Kier molecular flexibility index (Phi) is 5.32. The van der Waals surface area contributed by atoms with Crippen molar-refractivity contribution in [3.8, 4) is 0 Å². The second kappa shape index (κ2) is 6.28. The molecule has 0 aliphatic heterocycles. The van der Waals surface area contributed by atoms with Crippen molar-refractivity contribution in [2.45, 2.75) is 37.3 Å². The standard InChI is InChI=1S/C13H21NOS/c1-13(2,15-3)8-9-16-12-6-4-11(10-14)5-7-12/h4-7H,8-10,14H2,1-3H3. The average Bonchev–Trinajstić information content (AvgIpc) is 2.30. The predicted octanol–water partition coefficient (Wildman–Crippen LogP) is 3.05. The van der Waals surface area contributed by atoms with E-state index in [1.807, 2.05) is 11.8 Å². The summed E-state index contributed by atoms with van der Waals surface area (Å²) in [6, 6.07) is 8.44. The summed E-state index contributed by atoms with van der Waals surface area (Å²) in [5.41, 5.74) is 6.71. The van der Waals surface area contributed by atoms with Crippen molar-refractivity contribution >= 4 is 11.8 Å². The molecule has 2 N–H and O–H groups in total. The van der Waals surface area contributed by atoms with E-state index in [1.54, 1.807) is 7.11 Å². The van der Waals surface area contributed by atoms with Gasteiger partial charge in [-0.3, -0.25) is 0 Å². The fourth-order valence-electron chi connectivity index (χ4n) is 1.24. The fourth-order valence-corrected chi connectivity index (χ4v) is 2.40. The van der Waals surface area contributed by atoms with Gasteiger partial charge >= 0.3 is 0 Å². The van der Waals surface area contributed by atoms with E-state index >= 15 is 0 Å². The Morgan fingerprint density at radius 3 is 2.38 bits per heavy atom. The predicted molar refractivity (Wildman–Crippen MR) is 70.8 cm³/mol. The van der Waals surface area contributed by atoms with Gasteiger partial charge in [-0.1, -0.05) is 12.1 Å². The minimum Gasteiger partial charge on any atom is -0.379 e. The maximum absolute atomic E-state index is 5.55. The number of hydrogen-bond acceptors (Lipinski definition) is 3. The molecule has 0 amide bonds. The molecule has 16 heavy (non-hydrogen) atoms. The highest BCUT2D eigenvalue weighted by Gasteiger charge is 2.15. The quantitative estimate of drug-likeness (QED) is 0.775. The Labute approximate surface area is 103 Å². The van der Waals surface area contributed by atoms with Crippen LogP contribution in [0.15, 0.2) is 29.2 Å². The van der Waals surface area contributed by atoms with E-state index in [4.69, 9.17) is 10.5 Å². The Morgan fingerprint density at radius 2 is 1.88 bits per heavy atom. The van der Waals surface area contributed by atoms with Gasteiger partial charge < -0.3 is 10.5 Å². The normalized spacial score (nSPS) is 11.8. The number of ether oxygens (including phenoxy) is 1. The van der Waals surface area contributed by atoms with Crippen LogP contribution in [0.4, 0.5) is 0 Å². The number of methoxy groups -OCH3 is 1. The molecule has 0 atom stereocenters. The first kappa shape index (κ1) is 13.6. The van der Waals surface area contributed by atoms with Crippen molar-refractivity contribution in [1.29, 1.82) is 0 Å². The van der Waals surface area contributed by atoms with Gasteiger partial charge in [-0.05, 0) is 38.0 Å². The largest absolute Gasteiger partial charge is 0.379 e. The van der Waals surface area contributed by atoms with Crippen LogP contribution in [0.2, 0.25) is 0 Å². The highest BCUT2D eigenvalue weighted by atomic mass is 32.2. The van der Waals surface area contributed by atoms with Crippen molar-refractivity contribution in [2.24, 2.45) is 5.73 Å². The number of benzene rings is 1. The molecule has 1 aromatic carbocycles. The van der Waals surface area contributed by atoms with Crippen molar-refractivity contribution in [3.63, 3.8) is 0 Å². The van der Waals surface area contributed by atoms with Crippen LogP contribution < -0.4 is 5.73 Å². The zero-order chi connectivity index (χ0) is 12.0. The SMILES string of the molecule is COC(C)(C)CCSc1ccc(CN)cc1. The van der Waals surface area contributed by atoms with Crippen molar-refractivity contribution in [2.75, 3.05) is 12.9 Å². The molecule has 0 aromatic heterocycles. The van der Waals surface area contributed by atoms with E-state index in [0.29, 0.717) is 6.54 Å². The third-order valence-corrected chi connectivity index (χ3v) is 3.70. The summed E-state index contributed by atoms with van der Waals surface area (Å²) in [5.74, 6) is 1.07. The summed E-state index contributed by atoms with van der Waals surface area (Å²) in [7, 11) is 1.76. The lowest BCUT2D eigenvalue weighted by Crippen LogP contribution is -2.22. The average molecular weight is 239 g/mol. The number of rotatable bonds is 6. The van der Waals surface area contributed by atoms with Crippen LogP contribution >= 0.6 is 11.8 Å². The highest BCUT2D eigenvalue weighted by molar-refractivity contribution is 7.99. The molecule has 0 spiro atoms. The van der Waals surface area contributed by atoms with Gasteiger partial charge in [-0.25, -0.2) is 0 Å². The zero-order valence-electron chi connectivity index (χ0n) is 10.3. The summed E-state index contributed by atoms with van der Waals surface area (Å²) in [4.78, 5) is 1.30. The van der Waals surface area contributed by atoms with E-state index in [-0.39, 0.29) is 5.60 Å². The first-order chi connectivity index (χ1) is 7.57. The molecule has 0 radical (unpaired) electrons. The molecule has 0 bridgehead atoms. The van der Waals surface area contributed by atoms with Crippen LogP contribution in [-0.4, -0.2) is 18.5 Å². The molecule has 0 heterocycles. The molecular formula is C13H21NOS. The van der Waals surface area contributed by atoms with E-state index in [2.05, 4.69) is 38.1 Å². The second-order valence-electron chi connectivity index (χ2n) is 4.41. The Balaban J connectivity index is 2.37. The van der Waals surface area contributed by atoms with Gasteiger partial charge in [0.15, 0.2) is 0 Å². The van der Waals surface area contributed by atoms with E-state index in [0.717, 1.165) is 12.2 Å². The lowest BCUT2D eigenvalue weighted by molar-refractivity contribution is 0.0207. The van der Waals surface area contributed by atoms with Crippen LogP contribution in [-0.2, 0) is 11.3 Å². The van der Waals surface area contributed by atoms with Gasteiger partial charge in [-0.2, -0.15) is 0 Å². The second-order valence-corrected chi connectivity index (χ2v) is 5.58. The van der Waals surface area contributed by atoms with Gasteiger partial charge in [0.1, 0.15) is 0 Å². The Hall–Kier alpha value is -0.510. The number of nitrogens with two attached hydrogens (primary N) is 1. The molecular weight excluding hydrogens is 218 g/mol. The van der Waals surface area contributed by atoms with Crippen LogP contribution in [0.5, 0.6) is 0 Å². The molecule has 2 nitrogen and oxygen atoms in total. The molecule has 1 aromatic rings. The molecule has 3 heteroatoms. The minimum absolute atomic E-state index is 0.0236. The number of hydrogen-bond donors (Lipinski definition) is 1. The molecule has 0 aliphatic carbocycles. The molecule has 0 saturated carbocycles. The summed E-state index contributed by atoms with van der Waals surface area (Å²) in [6.07, 6.45) is 1.05. The summed E-state index contributed by atoms with van der Waals surface area (Å²) >= 11 is 1.86. The fraction of sp³-hybridized carbons (Fsp3) is 0.538. The van der Waals surface area contributed by atoms with E-state index in [9.17, 15) is 0 Å². The van der Waals surface area contributed by atoms with Gasteiger partial charge in [0, 0.05) is 24.3 Å². The highest BCUT2D eigenvalue weighted by Crippen LogP contribution is 2.23. The van der Waals surface area contributed by atoms with Crippen LogP contribution in [0.1, 0.15) is 25.8 Å². The van der Waals surface area contributed by atoms with Crippen LogP contribution in [0.25, 0.3) is 0 Å². The lowest BCUT2D eigenvalue weighted by Gasteiger charge is -2.22. The third kappa shape index (κ3) is 4.56. The third-order valence-electron chi connectivity index (χ3n) is 2.68. The summed E-state index contributed by atoms with van der Waals surface area (Å²) in [6.45, 7) is 4.85. The minimum atomic E-state index is -0.0236. The smallest absolute Gasteiger partial charge is 0.0630 e. The monoisotopic (exact) mass is 239 g/mol. The molecule has 90 valence electrons. The topological polar surface area (TPSA) is 35.2 Å². The van der Waals surface area contributed by atoms with Crippen LogP contribution in [0.3, 0.4) is 0 Å². The van der Waals surface area contributed by atoms with Gasteiger partial charge in [0.25, 0.3) is 0 Å². The zero-order valence-corrected chi connectivity index (χ0v) is 11.1. The van der Waals surface area contributed by atoms with Gasteiger partial charge in [0.2, 0.25) is 0 Å². The van der Waals surface area contributed by atoms with Gasteiger partial charge in [0.05, 0.1) is 5.60 Å².